The van der Waals surface area contributed by atoms with Gasteiger partial charge in [-0.2, -0.15) is 0 Å². The second kappa shape index (κ2) is 6.14. The molecule has 1 unspecified atom stereocenters. The van der Waals surface area contributed by atoms with Gasteiger partial charge in [0.05, 0.1) is 25.8 Å². The van der Waals surface area contributed by atoms with Gasteiger partial charge < -0.3 is 15.2 Å². The van der Waals surface area contributed by atoms with Crippen LogP contribution in [0.2, 0.25) is 0 Å². The number of rotatable bonds is 4. The van der Waals surface area contributed by atoms with Crippen molar-refractivity contribution in [2.45, 2.75) is 19.9 Å². The van der Waals surface area contributed by atoms with Crippen molar-refractivity contribution in [2.75, 3.05) is 14.2 Å². The first kappa shape index (κ1) is 15.3. The first-order chi connectivity index (χ1) is 9.99. The van der Waals surface area contributed by atoms with Crippen molar-refractivity contribution in [1.29, 1.82) is 0 Å². The first-order valence-electron chi connectivity index (χ1n) is 6.72. The fourth-order valence-electron chi connectivity index (χ4n) is 2.51. The molecule has 2 aromatic carbocycles. The van der Waals surface area contributed by atoms with Crippen LogP contribution in [0.1, 0.15) is 28.3 Å². The largest absolute Gasteiger partial charge is 0.496 e. The van der Waals surface area contributed by atoms with Gasteiger partial charge in [-0.15, -0.1) is 0 Å². The van der Waals surface area contributed by atoms with Crippen LogP contribution in [0.3, 0.4) is 0 Å². The molecule has 0 heterocycles. The third-order valence-electron chi connectivity index (χ3n) is 3.59. The molecule has 0 aliphatic heterocycles. The molecule has 0 aliphatic rings. The molecule has 4 heteroatoms. The molecule has 0 aliphatic carbocycles. The van der Waals surface area contributed by atoms with Gasteiger partial charge in [0.15, 0.2) is 0 Å². The van der Waals surface area contributed by atoms with E-state index < -0.39 is 6.04 Å². The number of hydrogen-bond acceptors (Lipinski definition) is 3. The predicted molar refractivity (Wildman–Crippen MR) is 81.5 cm³/mol. The van der Waals surface area contributed by atoms with Gasteiger partial charge in [0, 0.05) is 0 Å². The van der Waals surface area contributed by atoms with Gasteiger partial charge in [0.2, 0.25) is 0 Å². The molecular weight excluding hydrogens is 269 g/mol. The molecule has 1 atom stereocenters. The number of aryl methyl sites for hydroxylation is 2. The minimum absolute atomic E-state index is 0.196. The van der Waals surface area contributed by atoms with E-state index in [-0.39, 0.29) is 5.82 Å². The summed E-state index contributed by atoms with van der Waals surface area (Å²) in [6.45, 7) is 3.47. The van der Waals surface area contributed by atoms with Crippen molar-refractivity contribution in [3.05, 3.63) is 58.4 Å². The normalized spacial score (nSPS) is 12.1. The van der Waals surface area contributed by atoms with Crippen LogP contribution >= 0.6 is 0 Å². The third-order valence-corrected chi connectivity index (χ3v) is 3.59. The Kier molecular flexibility index (Phi) is 4.48. The van der Waals surface area contributed by atoms with Gasteiger partial charge in [-0.05, 0) is 42.7 Å². The number of methoxy groups -OCH3 is 2. The summed E-state index contributed by atoms with van der Waals surface area (Å²) in [5, 5.41) is 0. The molecule has 2 N–H and O–H groups in total. The lowest BCUT2D eigenvalue weighted by Gasteiger charge is -2.20. The molecule has 0 saturated carbocycles. The maximum atomic E-state index is 13.8. The lowest BCUT2D eigenvalue weighted by atomic mass is 9.94. The number of nitrogens with two attached hydrogens (primary N) is 1. The van der Waals surface area contributed by atoms with E-state index in [0.29, 0.717) is 22.6 Å². The van der Waals surface area contributed by atoms with Gasteiger partial charge in [-0.25, -0.2) is 4.39 Å². The number of halogens is 1. The van der Waals surface area contributed by atoms with Gasteiger partial charge >= 0.3 is 0 Å². The second-order valence-corrected chi connectivity index (χ2v) is 5.02. The Bertz CT molecular complexity index is 610. The van der Waals surface area contributed by atoms with Crippen LogP contribution in [0.25, 0.3) is 0 Å². The zero-order valence-corrected chi connectivity index (χ0v) is 12.7. The monoisotopic (exact) mass is 289 g/mol. The van der Waals surface area contributed by atoms with Gasteiger partial charge in [-0.1, -0.05) is 18.2 Å². The zero-order chi connectivity index (χ0) is 15.6. The maximum absolute atomic E-state index is 13.8. The van der Waals surface area contributed by atoms with Crippen LogP contribution in [-0.2, 0) is 0 Å². The molecule has 0 fully saturated rings. The Balaban J connectivity index is 2.57. The second-order valence-electron chi connectivity index (χ2n) is 5.02. The Morgan fingerprint density at radius 2 is 1.48 bits per heavy atom. The summed E-state index contributed by atoms with van der Waals surface area (Å²) >= 11 is 0. The maximum Gasteiger partial charge on any atom is 0.129 e. The van der Waals surface area contributed by atoms with Crippen LogP contribution in [0, 0.1) is 19.7 Å². The van der Waals surface area contributed by atoms with E-state index in [4.69, 9.17) is 15.2 Å². The highest BCUT2D eigenvalue weighted by Gasteiger charge is 2.20. The summed E-state index contributed by atoms with van der Waals surface area (Å²) in [6, 6.07) is 8.59. The lowest BCUT2D eigenvalue weighted by molar-refractivity contribution is 0.382. The summed E-state index contributed by atoms with van der Waals surface area (Å²) in [4.78, 5) is 0. The van der Waals surface area contributed by atoms with E-state index in [1.54, 1.807) is 40.2 Å². The molecule has 0 amide bonds. The van der Waals surface area contributed by atoms with Crippen LogP contribution in [0.5, 0.6) is 11.5 Å². The molecular formula is C17H20FNO2. The first-order valence-corrected chi connectivity index (χ1v) is 6.72. The van der Waals surface area contributed by atoms with Crippen molar-refractivity contribution >= 4 is 0 Å². The molecule has 0 bridgehead atoms. The van der Waals surface area contributed by atoms with Crippen LogP contribution in [-0.4, -0.2) is 14.2 Å². The number of ether oxygens (including phenoxy) is 2. The highest BCUT2D eigenvalue weighted by atomic mass is 19.1. The molecule has 0 radical (unpaired) electrons. The van der Waals surface area contributed by atoms with Gasteiger partial charge in [0.25, 0.3) is 0 Å². The van der Waals surface area contributed by atoms with E-state index in [1.165, 1.54) is 0 Å². The van der Waals surface area contributed by atoms with Crippen molar-refractivity contribution in [1.82, 2.24) is 0 Å². The van der Waals surface area contributed by atoms with Crippen molar-refractivity contribution in [3.8, 4) is 11.5 Å². The summed E-state index contributed by atoms with van der Waals surface area (Å²) in [5.41, 5.74) is 9.12. The van der Waals surface area contributed by atoms with Crippen LogP contribution < -0.4 is 15.2 Å². The highest BCUT2D eigenvalue weighted by molar-refractivity contribution is 5.51. The Labute approximate surface area is 124 Å². The molecule has 0 saturated heterocycles. The number of benzene rings is 2. The average Bonchev–Trinajstić information content (AvgIpc) is 2.50. The minimum atomic E-state index is -0.450. The summed E-state index contributed by atoms with van der Waals surface area (Å²) in [5.74, 6) is 1.11. The summed E-state index contributed by atoms with van der Waals surface area (Å²) in [6.07, 6.45) is 0. The van der Waals surface area contributed by atoms with E-state index in [0.717, 1.165) is 11.1 Å². The Morgan fingerprint density at radius 1 is 1.00 bits per heavy atom. The van der Waals surface area contributed by atoms with Crippen molar-refractivity contribution in [2.24, 2.45) is 5.73 Å². The highest BCUT2D eigenvalue weighted by Crippen LogP contribution is 2.36. The van der Waals surface area contributed by atoms with E-state index in [1.807, 2.05) is 18.2 Å². The van der Waals surface area contributed by atoms with Crippen molar-refractivity contribution in [3.63, 3.8) is 0 Å². The molecule has 2 rings (SSSR count). The Hall–Kier alpha value is -2.07. The fraction of sp³-hybridized carbons (Fsp3) is 0.294. The molecule has 0 spiro atoms. The average molecular weight is 289 g/mol. The standard InChI is InChI=1S/C17H20FNO2/c1-10-8-12(9-11(2)16(10)18)17(19)15-13(20-3)6-5-7-14(15)21-4/h5-9,17H,19H2,1-4H3. The molecule has 112 valence electrons. The zero-order valence-electron chi connectivity index (χ0n) is 12.7. The smallest absolute Gasteiger partial charge is 0.129 e. The van der Waals surface area contributed by atoms with Crippen molar-refractivity contribution < 1.29 is 13.9 Å². The molecule has 2 aromatic rings. The molecule has 21 heavy (non-hydrogen) atoms. The van der Waals surface area contributed by atoms with Crippen LogP contribution in [0.4, 0.5) is 4.39 Å². The van der Waals surface area contributed by atoms with E-state index >= 15 is 0 Å². The van der Waals surface area contributed by atoms with Crippen LogP contribution in [0.15, 0.2) is 30.3 Å². The molecule has 3 nitrogen and oxygen atoms in total. The topological polar surface area (TPSA) is 44.5 Å². The quantitative estimate of drug-likeness (QED) is 0.936. The third kappa shape index (κ3) is 2.85. The SMILES string of the molecule is COc1cccc(OC)c1C(N)c1cc(C)c(F)c(C)c1. The molecule has 0 aromatic heterocycles. The van der Waals surface area contributed by atoms with E-state index in [9.17, 15) is 4.39 Å². The summed E-state index contributed by atoms with van der Waals surface area (Å²) in [7, 11) is 3.18. The van der Waals surface area contributed by atoms with E-state index in [2.05, 4.69) is 0 Å². The summed E-state index contributed by atoms with van der Waals surface area (Å²) < 4.78 is 24.5. The van der Waals surface area contributed by atoms with Gasteiger partial charge in [-0.3, -0.25) is 0 Å². The number of hydrogen-bond donors (Lipinski definition) is 1. The minimum Gasteiger partial charge on any atom is -0.496 e. The predicted octanol–water partition coefficient (Wildman–Crippen LogP) is 3.51. The van der Waals surface area contributed by atoms with Gasteiger partial charge in [0.1, 0.15) is 17.3 Å². The Morgan fingerprint density at radius 3 is 1.90 bits per heavy atom. The lowest BCUT2D eigenvalue weighted by Crippen LogP contribution is -2.15. The fourth-order valence-corrected chi connectivity index (χ4v) is 2.51.